The number of alkyl halides is 3. The molecule has 3 atom stereocenters. The van der Waals surface area contributed by atoms with Crippen molar-refractivity contribution < 1.29 is 52.2 Å². The first-order valence-electron chi connectivity index (χ1n) is 12.5. The number of amides is 3. The van der Waals surface area contributed by atoms with Gasteiger partial charge in [-0.25, -0.2) is 4.98 Å². The molecule has 0 aromatic carbocycles. The predicted molar refractivity (Wildman–Crippen MR) is 154 cm³/mol. The summed E-state index contributed by atoms with van der Waals surface area (Å²) in [7, 11) is 0. The van der Waals surface area contributed by atoms with Crippen LogP contribution in [-0.2, 0) is 28.8 Å². The smallest absolute Gasteiger partial charge is 0.471 e. The molecule has 0 aliphatic carbocycles. The maximum Gasteiger partial charge on any atom is 0.471 e. The fourth-order valence-corrected chi connectivity index (χ4v) is 7.30. The van der Waals surface area contributed by atoms with Gasteiger partial charge in [-0.05, 0) is 10.4 Å². The van der Waals surface area contributed by atoms with Gasteiger partial charge in [-0.1, -0.05) is 28.9 Å². The number of halogens is 3. The van der Waals surface area contributed by atoms with E-state index in [1.54, 1.807) is 5.32 Å². The molecule has 2 fully saturated rings. The van der Waals surface area contributed by atoms with Crippen molar-refractivity contribution in [2.24, 2.45) is 10.6 Å². The summed E-state index contributed by atoms with van der Waals surface area (Å²) in [6.07, 6.45) is 2.28. The number of aliphatic carboxylic acids is 2. The number of nitrogens with zero attached hydrogens (tertiary/aromatic N) is 7. The molecule has 0 radical (unpaired) electrons. The van der Waals surface area contributed by atoms with E-state index in [9.17, 15) is 42.3 Å². The van der Waals surface area contributed by atoms with Crippen LogP contribution in [0.2, 0.25) is 0 Å². The zero-order chi connectivity index (χ0) is 33.6. The van der Waals surface area contributed by atoms with Crippen molar-refractivity contribution >= 4 is 81.6 Å². The second kappa shape index (κ2) is 14.2. The van der Waals surface area contributed by atoms with Gasteiger partial charge in [0, 0.05) is 29.6 Å². The lowest BCUT2D eigenvalue weighted by atomic mass is 9.89. The van der Waals surface area contributed by atoms with E-state index < -0.39 is 63.5 Å². The highest BCUT2D eigenvalue weighted by atomic mass is 32.2. The number of carboxylic acid groups (broad SMARTS) is 2. The van der Waals surface area contributed by atoms with Crippen LogP contribution in [0.25, 0.3) is 6.20 Å². The van der Waals surface area contributed by atoms with Crippen molar-refractivity contribution in [2.45, 2.75) is 29.2 Å². The number of oxime groups is 1. The van der Waals surface area contributed by atoms with Gasteiger partial charge in [0.15, 0.2) is 17.5 Å². The Bertz CT molecular complexity index is 1640. The third-order valence-electron chi connectivity index (χ3n) is 6.11. The number of nitrogens with one attached hydrogen (secondary N) is 2. The SMILES string of the molecule is C#CCON=C(C(=O)NC1C(=O)N2CC(CSc3nnnn3C=CCC(=O)O)(C(=O)O)CS[C@H]12)c1csc(NC(=O)C(F)(F)F)n1. The first-order chi connectivity index (χ1) is 21.8. The molecule has 4 rings (SSSR count). The number of tetrazole rings is 1. The Labute approximate surface area is 268 Å². The molecule has 2 saturated heterocycles. The number of aromatic nitrogens is 5. The summed E-state index contributed by atoms with van der Waals surface area (Å²) >= 11 is 2.66. The maximum absolute atomic E-state index is 13.2. The van der Waals surface area contributed by atoms with E-state index in [1.807, 2.05) is 0 Å². The Morgan fingerprint density at radius 2 is 2.09 bits per heavy atom. The average molecular weight is 704 g/mol. The van der Waals surface area contributed by atoms with E-state index in [1.165, 1.54) is 21.9 Å². The van der Waals surface area contributed by atoms with Gasteiger partial charge in [-0.2, -0.15) is 17.9 Å². The van der Waals surface area contributed by atoms with Gasteiger partial charge in [0.1, 0.15) is 22.5 Å². The molecular weight excluding hydrogens is 684 g/mol. The third-order valence-corrected chi connectivity index (χ3v) is 9.68. The van der Waals surface area contributed by atoms with E-state index in [0.717, 1.165) is 28.9 Å². The molecule has 3 amide bonds. The Hall–Kier alpha value is -4.69. The third kappa shape index (κ3) is 7.74. The maximum atomic E-state index is 13.2. The molecule has 4 heterocycles. The number of carbonyl (C=O) groups is 5. The van der Waals surface area contributed by atoms with Gasteiger partial charge >= 0.3 is 24.0 Å². The van der Waals surface area contributed by atoms with E-state index in [4.69, 9.17) is 16.4 Å². The minimum absolute atomic E-state index is 0.0210. The van der Waals surface area contributed by atoms with Crippen LogP contribution in [0.1, 0.15) is 12.1 Å². The monoisotopic (exact) mass is 703 g/mol. The van der Waals surface area contributed by atoms with Gasteiger partial charge < -0.3 is 25.3 Å². The van der Waals surface area contributed by atoms with Crippen LogP contribution in [0.5, 0.6) is 0 Å². The van der Waals surface area contributed by atoms with Crippen LogP contribution < -0.4 is 10.6 Å². The van der Waals surface area contributed by atoms with Crippen LogP contribution in [0.3, 0.4) is 0 Å². The van der Waals surface area contributed by atoms with Crippen LogP contribution in [-0.4, -0.2) is 118 Å². The summed E-state index contributed by atoms with van der Waals surface area (Å²) in [6, 6.07) is -1.12. The van der Waals surface area contributed by atoms with Gasteiger partial charge in [0.25, 0.3) is 5.91 Å². The summed E-state index contributed by atoms with van der Waals surface area (Å²) < 4.78 is 39.0. The zero-order valence-corrected chi connectivity index (χ0v) is 25.3. The van der Waals surface area contributed by atoms with E-state index in [0.29, 0.717) is 11.3 Å². The van der Waals surface area contributed by atoms with Crippen LogP contribution in [0.15, 0.2) is 21.8 Å². The number of thioether (sulfide) groups is 2. The number of terminal acetylenes is 1. The molecule has 4 N–H and O–H groups in total. The quantitative estimate of drug-likeness (QED) is 0.0545. The van der Waals surface area contributed by atoms with Crippen molar-refractivity contribution in [3.05, 3.63) is 17.2 Å². The number of thiazole rings is 1. The van der Waals surface area contributed by atoms with Crippen LogP contribution >= 0.6 is 34.9 Å². The van der Waals surface area contributed by atoms with Gasteiger partial charge in [-0.15, -0.1) is 34.6 Å². The lowest BCUT2D eigenvalue weighted by Gasteiger charge is -2.53. The number of fused-ring (bicyclic) bond motifs is 1. The summed E-state index contributed by atoms with van der Waals surface area (Å²) in [5, 5.41) is 37.7. The highest BCUT2D eigenvalue weighted by Crippen LogP contribution is 2.44. The second-order valence-corrected chi connectivity index (χ2v) is 12.2. The van der Waals surface area contributed by atoms with Crippen molar-refractivity contribution in [2.75, 3.05) is 30.0 Å². The molecule has 46 heavy (non-hydrogen) atoms. The molecule has 0 spiro atoms. The fourth-order valence-electron chi connectivity index (χ4n) is 3.89. The molecule has 2 aliphatic rings. The van der Waals surface area contributed by atoms with Crippen molar-refractivity contribution in [3.8, 4) is 12.3 Å². The standard InChI is InChI=1S/C23H20F3N9O8S3/c1-2-6-43-31-13(11-7-44-20(27-11)29-18(40)23(24,25)26)15(38)28-14-16(39)34-8-22(19(41)42,9-45-17(14)34)10-46-21-30-32-33-35(21)5-3-4-12(36)37/h1,3,5,7,14,17H,4,6,8-10H2,(H,28,38)(H,36,37)(H,41,42)(H,27,29,40)/t14?,17-,22?/m1/s1. The zero-order valence-electron chi connectivity index (χ0n) is 22.8. The second-order valence-electron chi connectivity index (χ2n) is 9.29. The molecule has 0 bridgehead atoms. The largest absolute Gasteiger partial charge is 0.481 e. The van der Waals surface area contributed by atoms with Gasteiger partial charge in [0.2, 0.25) is 11.1 Å². The first-order valence-corrected chi connectivity index (χ1v) is 15.4. The molecule has 2 unspecified atom stereocenters. The number of rotatable bonds is 13. The first kappa shape index (κ1) is 34.2. The lowest BCUT2D eigenvalue weighted by Crippen LogP contribution is -2.74. The Morgan fingerprint density at radius 3 is 2.76 bits per heavy atom. The normalized spacial score (nSPS) is 21.2. The molecule has 2 aliphatic heterocycles. The van der Waals surface area contributed by atoms with E-state index in [-0.39, 0.29) is 41.9 Å². The topological polar surface area (TPSA) is 231 Å². The molecule has 244 valence electrons. The van der Waals surface area contributed by atoms with Crippen molar-refractivity contribution in [3.63, 3.8) is 0 Å². The van der Waals surface area contributed by atoms with E-state index >= 15 is 0 Å². The van der Waals surface area contributed by atoms with Crippen molar-refractivity contribution in [1.82, 2.24) is 35.4 Å². The molecular formula is C23H20F3N9O8S3. The molecule has 0 saturated carbocycles. The minimum atomic E-state index is -5.18. The number of hydrogen-bond acceptors (Lipinski definition) is 14. The van der Waals surface area contributed by atoms with Gasteiger partial charge in [-0.3, -0.25) is 29.3 Å². The lowest BCUT2D eigenvalue weighted by molar-refractivity contribution is -0.167. The fraction of sp³-hybridized carbons (Fsp3) is 0.391. The Kier molecular flexibility index (Phi) is 10.5. The Morgan fingerprint density at radius 1 is 1.33 bits per heavy atom. The molecule has 23 heteroatoms. The summed E-state index contributed by atoms with van der Waals surface area (Å²) in [6.45, 7) is -0.595. The number of hydrogen-bond donors (Lipinski definition) is 4. The molecule has 2 aromatic heterocycles. The summed E-state index contributed by atoms with van der Waals surface area (Å²) in [4.78, 5) is 70.5. The summed E-state index contributed by atoms with van der Waals surface area (Å²) in [5.41, 5.74) is -2.26. The van der Waals surface area contributed by atoms with Crippen LogP contribution in [0.4, 0.5) is 18.3 Å². The number of carboxylic acids is 2. The number of β-lactam (4-membered cyclic amide) rings is 1. The van der Waals surface area contributed by atoms with Gasteiger partial charge in [0.05, 0.1) is 6.42 Å². The van der Waals surface area contributed by atoms with E-state index in [2.05, 4.69) is 36.9 Å². The predicted octanol–water partition coefficient (Wildman–Crippen LogP) is 0.193. The average Bonchev–Trinajstić information content (AvgIpc) is 3.65. The highest BCUT2D eigenvalue weighted by molar-refractivity contribution is 8.00. The number of carbonyl (C=O) groups excluding carboxylic acids is 3. The highest BCUT2D eigenvalue weighted by Gasteiger charge is 2.57. The van der Waals surface area contributed by atoms with Crippen molar-refractivity contribution in [1.29, 1.82) is 0 Å². The Balaban J connectivity index is 1.42. The minimum Gasteiger partial charge on any atom is -0.481 e. The van der Waals surface area contributed by atoms with Crippen LogP contribution in [0, 0.1) is 17.8 Å². The molecule has 17 nitrogen and oxygen atoms in total. The summed E-state index contributed by atoms with van der Waals surface area (Å²) in [5.74, 6) is -4.08. The number of anilines is 1. The molecule has 2 aromatic rings.